The molecular formula is C15H22O4. The molecule has 0 fully saturated rings. The Morgan fingerprint density at radius 2 is 1.95 bits per heavy atom. The fourth-order valence-electron chi connectivity index (χ4n) is 1.76. The molecule has 0 spiro atoms. The Bertz CT molecular complexity index is 426. The number of hydrogen-bond donors (Lipinski definition) is 0. The molecule has 0 saturated carbocycles. The first-order valence-corrected chi connectivity index (χ1v) is 6.51. The van der Waals surface area contributed by atoms with Crippen LogP contribution in [0, 0.1) is 0 Å². The van der Waals surface area contributed by atoms with Gasteiger partial charge in [0.15, 0.2) is 17.6 Å². The largest absolute Gasteiger partial charge is 0.493 e. The van der Waals surface area contributed by atoms with Gasteiger partial charge in [-0.05, 0) is 25.8 Å². The molecular weight excluding hydrogens is 244 g/mol. The van der Waals surface area contributed by atoms with Crippen molar-refractivity contribution in [3.63, 3.8) is 0 Å². The first-order chi connectivity index (χ1) is 9.01. The van der Waals surface area contributed by atoms with E-state index in [4.69, 9.17) is 14.2 Å². The Labute approximate surface area is 114 Å². The van der Waals surface area contributed by atoms with Crippen molar-refractivity contribution < 1.29 is 19.0 Å². The highest BCUT2D eigenvalue weighted by atomic mass is 16.6. The third-order valence-electron chi connectivity index (χ3n) is 2.76. The van der Waals surface area contributed by atoms with Gasteiger partial charge in [-0.25, -0.2) is 4.79 Å². The van der Waals surface area contributed by atoms with Gasteiger partial charge in [-0.15, -0.1) is 0 Å². The first kappa shape index (κ1) is 15.3. The molecule has 0 saturated heterocycles. The van der Waals surface area contributed by atoms with Crippen LogP contribution in [0.15, 0.2) is 18.2 Å². The van der Waals surface area contributed by atoms with E-state index < -0.39 is 6.10 Å². The predicted octanol–water partition coefficient (Wildman–Crippen LogP) is 3.15. The predicted molar refractivity (Wildman–Crippen MR) is 73.8 cm³/mol. The molecule has 0 aliphatic rings. The fraction of sp³-hybridized carbons (Fsp3) is 0.533. The van der Waals surface area contributed by atoms with Crippen molar-refractivity contribution in [1.82, 2.24) is 0 Å². The van der Waals surface area contributed by atoms with E-state index in [0.717, 1.165) is 5.56 Å². The number of esters is 1. The lowest BCUT2D eigenvalue weighted by atomic mass is 10.0. The van der Waals surface area contributed by atoms with Crippen LogP contribution in [0.3, 0.4) is 0 Å². The van der Waals surface area contributed by atoms with Crippen LogP contribution < -0.4 is 9.47 Å². The lowest BCUT2D eigenvalue weighted by Gasteiger charge is -2.20. The second-order valence-electron chi connectivity index (χ2n) is 4.55. The number of carbonyl (C=O) groups excluding carboxylic acids is 1. The summed E-state index contributed by atoms with van der Waals surface area (Å²) in [6.07, 6.45) is -0.659. The molecule has 4 heteroatoms. The number of carbonyl (C=O) groups is 1. The molecule has 1 unspecified atom stereocenters. The van der Waals surface area contributed by atoms with Crippen LogP contribution in [-0.4, -0.2) is 25.8 Å². The van der Waals surface area contributed by atoms with Gasteiger partial charge in [0.05, 0.1) is 13.7 Å². The molecule has 0 N–H and O–H groups in total. The summed E-state index contributed by atoms with van der Waals surface area (Å²) in [5.74, 6) is 1.14. The summed E-state index contributed by atoms with van der Waals surface area (Å²) in [5, 5.41) is 0. The minimum atomic E-state index is -0.659. The highest BCUT2D eigenvalue weighted by Crippen LogP contribution is 2.36. The van der Waals surface area contributed by atoms with Crippen molar-refractivity contribution in [1.29, 1.82) is 0 Å². The van der Waals surface area contributed by atoms with Crippen LogP contribution >= 0.6 is 0 Å². The van der Waals surface area contributed by atoms with Crippen LogP contribution in [0.2, 0.25) is 0 Å². The smallest absolute Gasteiger partial charge is 0.347 e. The normalized spacial score (nSPS) is 12.1. The zero-order chi connectivity index (χ0) is 14.4. The maximum Gasteiger partial charge on any atom is 0.347 e. The van der Waals surface area contributed by atoms with E-state index in [1.54, 1.807) is 21.0 Å². The van der Waals surface area contributed by atoms with E-state index in [1.165, 1.54) is 0 Å². The standard InChI is InChI=1S/C15H22O4/c1-6-18-15(16)11(4)19-14-12(10(2)3)8-7-9-13(14)17-5/h7-11H,6H2,1-5H3. The average Bonchev–Trinajstić information content (AvgIpc) is 2.38. The zero-order valence-corrected chi connectivity index (χ0v) is 12.2. The second-order valence-corrected chi connectivity index (χ2v) is 4.55. The molecule has 106 valence electrons. The van der Waals surface area contributed by atoms with Crippen LogP contribution in [0.4, 0.5) is 0 Å². The molecule has 1 aromatic rings. The SMILES string of the molecule is CCOC(=O)C(C)Oc1c(OC)cccc1C(C)C. The molecule has 0 aliphatic carbocycles. The minimum Gasteiger partial charge on any atom is -0.493 e. The quantitative estimate of drug-likeness (QED) is 0.742. The maximum atomic E-state index is 11.6. The fourth-order valence-corrected chi connectivity index (χ4v) is 1.76. The van der Waals surface area contributed by atoms with Crippen molar-refractivity contribution >= 4 is 5.97 Å². The van der Waals surface area contributed by atoms with Gasteiger partial charge in [0.2, 0.25) is 0 Å². The number of hydrogen-bond acceptors (Lipinski definition) is 4. The number of benzene rings is 1. The molecule has 0 heterocycles. The van der Waals surface area contributed by atoms with Gasteiger partial charge in [0, 0.05) is 5.56 Å². The summed E-state index contributed by atoms with van der Waals surface area (Å²) in [7, 11) is 1.58. The topological polar surface area (TPSA) is 44.8 Å². The van der Waals surface area contributed by atoms with Crippen molar-refractivity contribution in [3.05, 3.63) is 23.8 Å². The number of ether oxygens (including phenoxy) is 3. The number of para-hydroxylation sites is 1. The Balaban J connectivity index is 3.01. The van der Waals surface area contributed by atoms with Crippen LogP contribution in [0.5, 0.6) is 11.5 Å². The molecule has 0 amide bonds. The molecule has 1 rings (SSSR count). The van der Waals surface area contributed by atoms with Gasteiger partial charge in [0.1, 0.15) is 0 Å². The van der Waals surface area contributed by atoms with Gasteiger partial charge < -0.3 is 14.2 Å². The first-order valence-electron chi connectivity index (χ1n) is 6.51. The summed E-state index contributed by atoms with van der Waals surface area (Å²) in [4.78, 5) is 11.6. The molecule has 4 nitrogen and oxygen atoms in total. The van der Waals surface area contributed by atoms with Crippen molar-refractivity contribution in [2.75, 3.05) is 13.7 Å². The second kappa shape index (κ2) is 7.02. The molecule has 0 aliphatic heterocycles. The highest BCUT2D eigenvalue weighted by Gasteiger charge is 2.21. The highest BCUT2D eigenvalue weighted by molar-refractivity contribution is 5.74. The molecule has 0 radical (unpaired) electrons. The molecule has 0 aromatic heterocycles. The Kier molecular flexibility index (Phi) is 5.67. The van der Waals surface area contributed by atoms with Crippen molar-refractivity contribution in [3.8, 4) is 11.5 Å². The summed E-state index contributed by atoms with van der Waals surface area (Å²) in [6.45, 7) is 7.92. The van der Waals surface area contributed by atoms with E-state index in [9.17, 15) is 4.79 Å². The lowest BCUT2D eigenvalue weighted by molar-refractivity contribution is -0.150. The lowest BCUT2D eigenvalue weighted by Crippen LogP contribution is -2.26. The molecule has 19 heavy (non-hydrogen) atoms. The Morgan fingerprint density at radius 3 is 2.47 bits per heavy atom. The van der Waals surface area contributed by atoms with Crippen LogP contribution in [0.25, 0.3) is 0 Å². The average molecular weight is 266 g/mol. The Hall–Kier alpha value is -1.71. The van der Waals surface area contributed by atoms with Gasteiger partial charge in [-0.1, -0.05) is 26.0 Å². The van der Waals surface area contributed by atoms with Crippen molar-refractivity contribution in [2.45, 2.75) is 39.7 Å². The monoisotopic (exact) mass is 266 g/mol. The number of methoxy groups -OCH3 is 1. The van der Waals surface area contributed by atoms with E-state index in [-0.39, 0.29) is 11.9 Å². The third kappa shape index (κ3) is 3.88. The molecule has 1 aromatic carbocycles. The Morgan fingerprint density at radius 1 is 1.26 bits per heavy atom. The summed E-state index contributed by atoms with van der Waals surface area (Å²) in [6, 6.07) is 5.70. The van der Waals surface area contributed by atoms with Crippen LogP contribution in [-0.2, 0) is 9.53 Å². The van der Waals surface area contributed by atoms with Gasteiger partial charge >= 0.3 is 5.97 Å². The summed E-state index contributed by atoms with van der Waals surface area (Å²) >= 11 is 0. The van der Waals surface area contributed by atoms with Crippen molar-refractivity contribution in [2.24, 2.45) is 0 Å². The minimum absolute atomic E-state index is 0.277. The van der Waals surface area contributed by atoms with E-state index in [2.05, 4.69) is 13.8 Å². The van der Waals surface area contributed by atoms with Gasteiger partial charge in [0.25, 0.3) is 0 Å². The van der Waals surface area contributed by atoms with Gasteiger partial charge in [-0.2, -0.15) is 0 Å². The third-order valence-corrected chi connectivity index (χ3v) is 2.76. The van der Waals surface area contributed by atoms with Crippen LogP contribution in [0.1, 0.15) is 39.2 Å². The van der Waals surface area contributed by atoms with E-state index in [1.807, 2.05) is 18.2 Å². The zero-order valence-electron chi connectivity index (χ0n) is 12.2. The van der Waals surface area contributed by atoms with E-state index in [0.29, 0.717) is 18.1 Å². The molecule has 0 bridgehead atoms. The van der Waals surface area contributed by atoms with Gasteiger partial charge in [-0.3, -0.25) is 0 Å². The molecule has 1 atom stereocenters. The summed E-state index contributed by atoms with van der Waals surface area (Å²) in [5.41, 5.74) is 1.01. The maximum absolute atomic E-state index is 11.6. The van der Waals surface area contributed by atoms with E-state index >= 15 is 0 Å². The number of rotatable bonds is 6. The summed E-state index contributed by atoms with van der Waals surface area (Å²) < 4.78 is 16.0.